The van der Waals surface area contributed by atoms with Gasteiger partial charge in [-0.15, -0.1) is 0 Å². The topological polar surface area (TPSA) is 106 Å². The van der Waals surface area contributed by atoms with Gasteiger partial charge in [-0.25, -0.2) is 16.8 Å². The van der Waals surface area contributed by atoms with Gasteiger partial charge >= 0.3 is 0 Å². The predicted molar refractivity (Wildman–Crippen MR) is 79.4 cm³/mol. The summed E-state index contributed by atoms with van der Waals surface area (Å²) in [7, 11) is -7.00. The van der Waals surface area contributed by atoms with Gasteiger partial charge < -0.3 is 11.1 Å². The SMILES string of the molecule is CCC(CN)Nc1ccc(S(C)(=O)=O)cc1S(C)(=O)=O. The lowest BCUT2D eigenvalue weighted by Crippen LogP contribution is -2.28. The molecule has 0 bridgehead atoms. The van der Waals surface area contributed by atoms with Crippen molar-refractivity contribution in [1.29, 1.82) is 0 Å². The summed E-state index contributed by atoms with van der Waals surface area (Å²) in [5.74, 6) is 0. The summed E-state index contributed by atoms with van der Waals surface area (Å²) in [6, 6.07) is 3.95. The first kappa shape index (κ1) is 16.9. The molecule has 0 aliphatic carbocycles. The van der Waals surface area contributed by atoms with E-state index in [9.17, 15) is 16.8 Å². The monoisotopic (exact) mass is 320 g/mol. The van der Waals surface area contributed by atoms with Crippen LogP contribution in [0, 0.1) is 0 Å². The molecule has 114 valence electrons. The van der Waals surface area contributed by atoms with E-state index in [1.807, 2.05) is 6.92 Å². The molecule has 8 heteroatoms. The van der Waals surface area contributed by atoms with Crippen molar-refractivity contribution in [2.45, 2.75) is 29.2 Å². The first-order chi connectivity index (χ1) is 9.09. The standard InChI is InChI=1S/C12H20N2O4S2/c1-4-9(8-13)14-11-6-5-10(19(2,15)16)7-12(11)20(3,17)18/h5-7,9,14H,4,8,13H2,1-3H3. The molecule has 0 fully saturated rings. The summed E-state index contributed by atoms with van der Waals surface area (Å²) in [4.78, 5) is -0.0587. The molecule has 1 unspecified atom stereocenters. The third-order valence-electron chi connectivity index (χ3n) is 2.92. The zero-order valence-corrected chi connectivity index (χ0v) is 13.4. The second kappa shape index (κ2) is 6.11. The van der Waals surface area contributed by atoms with E-state index in [-0.39, 0.29) is 15.8 Å². The molecule has 1 aromatic carbocycles. The Morgan fingerprint density at radius 2 is 1.75 bits per heavy atom. The first-order valence-corrected chi connectivity index (χ1v) is 9.88. The van der Waals surface area contributed by atoms with E-state index in [0.29, 0.717) is 12.2 Å². The van der Waals surface area contributed by atoms with Gasteiger partial charge in [-0.05, 0) is 24.6 Å². The maximum Gasteiger partial charge on any atom is 0.177 e. The van der Waals surface area contributed by atoms with E-state index in [4.69, 9.17) is 5.73 Å². The van der Waals surface area contributed by atoms with Crippen molar-refractivity contribution in [2.24, 2.45) is 5.73 Å². The van der Waals surface area contributed by atoms with Crippen LogP contribution >= 0.6 is 0 Å². The van der Waals surface area contributed by atoms with Crippen LogP contribution < -0.4 is 11.1 Å². The number of nitrogens with one attached hydrogen (secondary N) is 1. The van der Waals surface area contributed by atoms with Crippen LogP contribution in [0.4, 0.5) is 5.69 Å². The molecule has 1 atom stereocenters. The highest BCUT2D eigenvalue weighted by molar-refractivity contribution is 7.91. The molecule has 0 heterocycles. The van der Waals surface area contributed by atoms with Gasteiger partial charge in [0.05, 0.1) is 15.5 Å². The summed E-state index contributed by atoms with van der Waals surface area (Å²) >= 11 is 0. The minimum Gasteiger partial charge on any atom is -0.380 e. The third-order valence-corrected chi connectivity index (χ3v) is 5.16. The molecule has 3 N–H and O–H groups in total. The van der Waals surface area contributed by atoms with Gasteiger partial charge in [0.2, 0.25) is 0 Å². The summed E-state index contributed by atoms with van der Waals surface area (Å²) in [5, 5.41) is 3.03. The first-order valence-electron chi connectivity index (χ1n) is 6.10. The second-order valence-electron chi connectivity index (χ2n) is 4.69. The van der Waals surface area contributed by atoms with Crippen LogP contribution in [0.1, 0.15) is 13.3 Å². The average molecular weight is 320 g/mol. The number of benzene rings is 1. The lowest BCUT2D eigenvalue weighted by Gasteiger charge is -2.18. The van der Waals surface area contributed by atoms with Crippen molar-refractivity contribution in [1.82, 2.24) is 0 Å². The number of anilines is 1. The zero-order chi connectivity index (χ0) is 15.6. The van der Waals surface area contributed by atoms with Gasteiger partial charge in [-0.1, -0.05) is 6.92 Å². The fourth-order valence-electron chi connectivity index (χ4n) is 1.71. The lowest BCUT2D eigenvalue weighted by atomic mass is 10.2. The van der Waals surface area contributed by atoms with E-state index in [1.165, 1.54) is 18.2 Å². The molecule has 0 saturated carbocycles. The molecular weight excluding hydrogens is 300 g/mol. The van der Waals surface area contributed by atoms with Crippen molar-refractivity contribution < 1.29 is 16.8 Å². The Morgan fingerprint density at radius 1 is 1.15 bits per heavy atom. The Labute approximate surface area is 120 Å². The van der Waals surface area contributed by atoms with E-state index < -0.39 is 19.7 Å². The molecule has 0 aliphatic heterocycles. The van der Waals surface area contributed by atoms with Gasteiger partial charge in [-0.3, -0.25) is 0 Å². The number of nitrogens with two attached hydrogens (primary N) is 1. The van der Waals surface area contributed by atoms with Crippen molar-refractivity contribution in [3.63, 3.8) is 0 Å². The zero-order valence-electron chi connectivity index (χ0n) is 11.8. The largest absolute Gasteiger partial charge is 0.380 e. The van der Waals surface area contributed by atoms with Gasteiger partial charge in [0.15, 0.2) is 19.7 Å². The molecule has 1 rings (SSSR count). The second-order valence-corrected chi connectivity index (χ2v) is 8.69. The Balaban J connectivity index is 3.40. The number of sulfone groups is 2. The normalized spacial score (nSPS) is 14.0. The maximum absolute atomic E-state index is 11.8. The van der Waals surface area contributed by atoms with Crippen LogP contribution in [-0.4, -0.2) is 41.9 Å². The molecule has 0 aliphatic rings. The van der Waals surface area contributed by atoms with Crippen LogP contribution in [0.3, 0.4) is 0 Å². The van der Waals surface area contributed by atoms with Crippen LogP contribution in [0.25, 0.3) is 0 Å². The molecule has 0 radical (unpaired) electrons. The van der Waals surface area contributed by atoms with E-state index in [1.54, 1.807) is 0 Å². The van der Waals surface area contributed by atoms with Gasteiger partial charge in [0.1, 0.15) is 0 Å². The Bertz CT molecular complexity index is 677. The van der Waals surface area contributed by atoms with Crippen LogP contribution in [0.2, 0.25) is 0 Å². The quantitative estimate of drug-likeness (QED) is 0.797. The Morgan fingerprint density at radius 3 is 2.15 bits per heavy atom. The molecule has 0 spiro atoms. The number of hydrogen-bond acceptors (Lipinski definition) is 6. The van der Waals surface area contributed by atoms with E-state index in [0.717, 1.165) is 18.9 Å². The predicted octanol–water partition coefficient (Wildman–Crippen LogP) is 0.643. The summed E-state index contributed by atoms with van der Waals surface area (Å²) in [5.41, 5.74) is 5.95. The minimum atomic E-state index is -3.55. The fourth-order valence-corrected chi connectivity index (χ4v) is 3.30. The van der Waals surface area contributed by atoms with Crippen molar-refractivity contribution in [3.8, 4) is 0 Å². The number of hydrogen-bond donors (Lipinski definition) is 2. The maximum atomic E-state index is 11.8. The Hall–Kier alpha value is -1.12. The van der Waals surface area contributed by atoms with Gasteiger partial charge in [-0.2, -0.15) is 0 Å². The minimum absolute atomic E-state index is 0.0238. The van der Waals surface area contributed by atoms with Crippen molar-refractivity contribution >= 4 is 25.4 Å². The summed E-state index contributed by atoms with van der Waals surface area (Å²) < 4.78 is 46.7. The van der Waals surface area contributed by atoms with Crippen molar-refractivity contribution in [2.75, 3.05) is 24.4 Å². The molecule has 0 amide bonds. The van der Waals surface area contributed by atoms with Crippen LogP contribution in [-0.2, 0) is 19.7 Å². The number of rotatable bonds is 6. The Kier molecular flexibility index (Phi) is 5.17. The molecule has 20 heavy (non-hydrogen) atoms. The van der Waals surface area contributed by atoms with Crippen LogP contribution in [0.5, 0.6) is 0 Å². The highest BCUT2D eigenvalue weighted by Crippen LogP contribution is 2.25. The van der Waals surface area contributed by atoms with Gasteiger partial charge in [0, 0.05) is 25.1 Å². The van der Waals surface area contributed by atoms with E-state index in [2.05, 4.69) is 5.32 Å². The highest BCUT2D eigenvalue weighted by atomic mass is 32.2. The molecule has 1 aromatic rings. The molecule has 0 saturated heterocycles. The lowest BCUT2D eigenvalue weighted by molar-refractivity contribution is 0.600. The highest BCUT2D eigenvalue weighted by Gasteiger charge is 2.19. The van der Waals surface area contributed by atoms with Gasteiger partial charge in [0.25, 0.3) is 0 Å². The smallest absolute Gasteiger partial charge is 0.177 e. The summed E-state index contributed by atoms with van der Waals surface area (Å²) in [6.45, 7) is 2.28. The molecule has 6 nitrogen and oxygen atoms in total. The molecule has 0 aromatic heterocycles. The van der Waals surface area contributed by atoms with E-state index >= 15 is 0 Å². The molecular formula is C12H20N2O4S2. The third kappa shape index (κ3) is 4.19. The average Bonchev–Trinajstić information content (AvgIpc) is 2.33. The van der Waals surface area contributed by atoms with Crippen LogP contribution in [0.15, 0.2) is 28.0 Å². The fraction of sp³-hybridized carbons (Fsp3) is 0.500. The van der Waals surface area contributed by atoms with Crippen molar-refractivity contribution in [3.05, 3.63) is 18.2 Å². The summed E-state index contributed by atoms with van der Waals surface area (Å²) in [6.07, 6.45) is 2.81.